The van der Waals surface area contributed by atoms with Crippen molar-refractivity contribution in [3.63, 3.8) is 0 Å². The Kier molecular flexibility index (Phi) is 5.09. The zero-order valence-corrected chi connectivity index (χ0v) is 18.9. The smallest absolute Gasteiger partial charge is 0.197 e. The molecular formula is C29H26N4O. The van der Waals surface area contributed by atoms with Gasteiger partial charge in [-0.15, -0.1) is 0 Å². The third-order valence-electron chi connectivity index (χ3n) is 6.99. The molecule has 0 radical (unpaired) electrons. The molecule has 4 N–H and O–H groups in total. The SMILES string of the molecule is NC1Cc2ccc(-c3ncccc3C(=O)c3cccnc3-c3ccc4c(c3)CC(N)C4)cc2C1. The summed E-state index contributed by atoms with van der Waals surface area (Å²) in [6, 6.07) is 20.2. The summed E-state index contributed by atoms with van der Waals surface area (Å²) in [7, 11) is 0. The second kappa shape index (κ2) is 8.28. The van der Waals surface area contributed by atoms with Crippen molar-refractivity contribution in [2.24, 2.45) is 11.5 Å². The zero-order chi connectivity index (χ0) is 23.2. The Bertz CT molecular complexity index is 1320. The van der Waals surface area contributed by atoms with E-state index < -0.39 is 0 Å². The number of nitrogens with two attached hydrogens (primary N) is 2. The largest absolute Gasteiger partial charge is 0.327 e. The Morgan fingerprint density at radius 1 is 0.647 bits per heavy atom. The molecule has 4 aromatic rings. The van der Waals surface area contributed by atoms with Crippen molar-refractivity contribution in [3.8, 4) is 22.5 Å². The van der Waals surface area contributed by atoms with Crippen LogP contribution in [0.1, 0.15) is 38.2 Å². The summed E-state index contributed by atoms with van der Waals surface area (Å²) < 4.78 is 0. The molecule has 2 aliphatic carbocycles. The van der Waals surface area contributed by atoms with Gasteiger partial charge in [0, 0.05) is 46.7 Å². The molecule has 2 atom stereocenters. The van der Waals surface area contributed by atoms with Crippen molar-refractivity contribution < 1.29 is 4.79 Å². The third-order valence-corrected chi connectivity index (χ3v) is 6.99. The third kappa shape index (κ3) is 3.63. The molecule has 5 heteroatoms. The lowest BCUT2D eigenvalue weighted by Gasteiger charge is -2.12. The summed E-state index contributed by atoms with van der Waals surface area (Å²) >= 11 is 0. The molecule has 0 saturated heterocycles. The van der Waals surface area contributed by atoms with Gasteiger partial charge in [-0.1, -0.05) is 24.3 Å². The van der Waals surface area contributed by atoms with Gasteiger partial charge in [0.15, 0.2) is 5.78 Å². The van der Waals surface area contributed by atoms with Crippen LogP contribution < -0.4 is 11.5 Å². The van der Waals surface area contributed by atoms with Gasteiger partial charge < -0.3 is 11.5 Å². The lowest BCUT2D eigenvalue weighted by atomic mass is 9.93. The van der Waals surface area contributed by atoms with Gasteiger partial charge in [0.05, 0.1) is 11.4 Å². The molecule has 2 aliphatic rings. The molecule has 2 aromatic carbocycles. The van der Waals surface area contributed by atoms with E-state index in [2.05, 4.69) is 34.2 Å². The molecule has 2 heterocycles. The van der Waals surface area contributed by atoms with Crippen LogP contribution in [0.2, 0.25) is 0 Å². The summed E-state index contributed by atoms with van der Waals surface area (Å²) in [6.45, 7) is 0. The second-order valence-corrected chi connectivity index (χ2v) is 9.43. The van der Waals surface area contributed by atoms with Crippen molar-refractivity contribution in [3.05, 3.63) is 106 Å². The van der Waals surface area contributed by atoms with Crippen LogP contribution in [0.25, 0.3) is 22.5 Å². The number of carbonyl (C=O) groups is 1. The molecule has 0 saturated carbocycles. The number of rotatable bonds is 4. The standard InChI is InChI=1S/C29H26N4O/c30-23-13-17-5-7-19(11-21(17)15-23)27-25(3-1-9-32-27)29(34)26-4-2-10-33-28(26)20-8-6-18-14-24(31)16-22(18)12-20/h1-12,23-24H,13-16,30-31H2. The van der Waals surface area contributed by atoms with Crippen LogP contribution in [0, 0.1) is 0 Å². The molecular weight excluding hydrogens is 420 g/mol. The van der Waals surface area contributed by atoms with E-state index in [9.17, 15) is 4.79 Å². The first-order valence-corrected chi connectivity index (χ1v) is 11.8. The van der Waals surface area contributed by atoms with Crippen LogP contribution >= 0.6 is 0 Å². The molecule has 0 spiro atoms. The van der Waals surface area contributed by atoms with E-state index in [1.54, 1.807) is 12.4 Å². The lowest BCUT2D eigenvalue weighted by Crippen LogP contribution is -2.19. The first-order valence-electron chi connectivity index (χ1n) is 11.8. The fourth-order valence-electron chi connectivity index (χ4n) is 5.38. The van der Waals surface area contributed by atoms with Gasteiger partial charge >= 0.3 is 0 Å². The lowest BCUT2D eigenvalue weighted by molar-refractivity contribution is 0.103. The summed E-state index contributed by atoms with van der Waals surface area (Å²) in [5, 5.41) is 0. The second-order valence-electron chi connectivity index (χ2n) is 9.43. The number of benzene rings is 2. The average Bonchev–Trinajstić information content (AvgIpc) is 3.42. The maximum absolute atomic E-state index is 13.9. The number of ketones is 1. The van der Waals surface area contributed by atoms with Gasteiger partial charge in [-0.3, -0.25) is 14.8 Å². The fraction of sp³-hybridized carbons (Fsp3) is 0.207. The Morgan fingerprint density at radius 3 is 1.56 bits per heavy atom. The molecule has 0 aliphatic heterocycles. The van der Waals surface area contributed by atoms with E-state index in [1.807, 2.05) is 36.4 Å². The van der Waals surface area contributed by atoms with E-state index in [1.165, 1.54) is 22.3 Å². The summed E-state index contributed by atoms with van der Waals surface area (Å²) in [4.78, 5) is 23.1. The van der Waals surface area contributed by atoms with Gasteiger partial charge in [0.1, 0.15) is 0 Å². The Balaban J connectivity index is 1.41. The first kappa shape index (κ1) is 20.9. The predicted molar refractivity (Wildman–Crippen MR) is 134 cm³/mol. The fourth-order valence-corrected chi connectivity index (χ4v) is 5.38. The molecule has 2 aromatic heterocycles. The molecule has 0 bridgehead atoms. The highest BCUT2D eigenvalue weighted by atomic mass is 16.1. The predicted octanol–water partition coefficient (Wildman–Crippen LogP) is 3.89. The quantitative estimate of drug-likeness (QED) is 0.464. The first-order chi connectivity index (χ1) is 16.6. The molecule has 34 heavy (non-hydrogen) atoms. The van der Waals surface area contributed by atoms with E-state index in [-0.39, 0.29) is 17.9 Å². The minimum Gasteiger partial charge on any atom is -0.327 e. The van der Waals surface area contributed by atoms with E-state index >= 15 is 0 Å². The molecule has 168 valence electrons. The maximum atomic E-state index is 13.9. The number of hydrogen-bond donors (Lipinski definition) is 2. The van der Waals surface area contributed by atoms with Gasteiger partial charge in [0.2, 0.25) is 0 Å². The van der Waals surface area contributed by atoms with Gasteiger partial charge in [0.25, 0.3) is 0 Å². The van der Waals surface area contributed by atoms with Crippen molar-refractivity contribution in [2.45, 2.75) is 37.8 Å². The molecule has 5 nitrogen and oxygen atoms in total. The monoisotopic (exact) mass is 446 g/mol. The molecule has 6 rings (SSSR count). The summed E-state index contributed by atoms with van der Waals surface area (Å²) in [6.07, 6.45) is 6.97. The van der Waals surface area contributed by atoms with E-state index in [0.29, 0.717) is 22.5 Å². The van der Waals surface area contributed by atoms with Gasteiger partial charge in [-0.05, 0) is 84.3 Å². The summed E-state index contributed by atoms with van der Waals surface area (Å²) in [5.41, 5.74) is 21.8. The molecule has 2 unspecified atom stereocenters. The van der Waals surface area contributed by atoms with Crippen LogP contribution in [0.15, 0.2) is 73.1 Å². The zero-order valence-electron chi connectivity index (χ0n) is 18.9. The normalized spacial score (nSPS) is 18.5. The highest BCUT2D eigenvalue weighted by Gasteiger charge is 2.24. The number of nitrogens with zero attached hydrogens (tertiary/aromatic N) is 2. The highest BCUT2D eigenvalue weighted by Crippen LogP contribution is 2.32. The minimum atomic E-state index is -0.0828. The number of carbonyl (C=O) groups excluding carboxylic acids is 1. The van der Waals surface area contributed by atoms with Crippen molar-refractivity contribution in [2.75, 3.05) is 0 Å². The molecule has 0 fully saturated rings. The van der Waals surface area contributed by atoms with Crippen LogP contribution in [-0.2, 0) is 25.7 Å². The number of hydrogen-bond acceptors (Lipinski definition) is 5. The number of pyridine rings is 2. The maximum Gasteiger partial charge on any atom is 0.197 e. The Morgan fingerprint density at radius 2 is 1.09 bits per heavy atom. The van der Waals surface area contributed by atoms with Crippen LogP contribution in [0.4, 0.5) is 0 Å². The number of aromatic nitrogens is 2. The highest BCUT2D eigenvalue weighted by molar-refractivity contribution is 6.15. The van der Waals surface area contributed by atoms with E-state index in [4.69, 9.17) is 11.5 Å². The Labute approximate surface area is 198 Å². The van der Waals surface area contributed by atoms with Crippen molar-refractivity contribution >= 4 is 5.78 Å². The average molecular weight is 447 g/mol. The van der Waals surface area contributed by atoms with Crippen LogP contribution in [0.5, 0.6) is 0 Å². The van der Waals surface area contributed by atoms with E-state index in [0.717, 1.165) is 36.8 Å². The van der Waals surface area contributed by atoms with Crippen molar-refractivity contribution in [1.82, 2.24) is 9.97 Å². The number of fused-ring (bicyclic) bond motifs is 2. The topological polar surface area (TPSA) is 94.9 Å². The minimum absolute atomic E-state index is 0.0828. The van der Waals surface area contributed by atoms with Gasteiger partial charge in [-0.2, -0.15) is 0 Å². The van der Waals surface area contributed by atoms with Gasteiger partial charge in [-0.25, -0.2) is 0 Å². The van der Waals surface area contributed by atoms with Crippen molar-refractivity contribution in [1.29, 1.82) is 0 Å². The Hall–Kier alpha value is -3.67. The van der Waals surface area contributed by atoms with Crippen LogP contribution in [0.3, 0.4) is 0 Å². The summed E-state index contributed by atoms with van der Waals surface area (Å²) in [5.74, 6) is -0.0828. The van der Waals surface area contributed by atoms with Crippen LogP contribution in [-0.4, -0.2) is 27.8 Å². The molecule has 0 amide bonds.